The minimum atomic E-state index is -0.206. The molecule has 0 aromatic heterocycles. The molecule has 2 heteroatoms. The summed E-state index contributed by atoms with van der Waals surface area (Å²) in [5, 5.41) is 0. The van der Waals surface area contributed by atoms with Gasteiger partial charge in [-0.05, 0) is 42.4 Å². The maximum Gasteiger partial charge on any atom is 0.123 e. The molecule has 1 aliphatic rings. The van der Waals surface area contributed by atoms with Crippen LogP contribution in [0.25, 0.3) is 0 Å². The van der Waals surface area contributed by atoms with E-state index in [0.29, 0.717) is 12.3 Å². The van der Waals surface area contributed by atoms with Gasteiger partial charge in [-0.3, -0.25) is 0 Å². The molecule has 0 bridgehead atoms. The lowest BCUT2D eigenvalue weighted by Crippen LogP contribution is -2.17. The van der Waals surface area contributed by atoms with Gasteiger partial charge in [-0.2, -0.15) is 0 Å². The van der Waals surface area contributed by atoms with Gasteiger partial charge in [0.05, 0.1) is 0 Å². The van der Waals surface area contributed by atoms with E-state index in [9.17, 15) is 9.18 Å². The van der Waals surface area contributed by atoms with Gasteiger partial charge in [-0.1, -0.05) is 31.4 Å². The van der Waals surface area contributed by atoms with Crippen LogP contribution in [0.1, 0.15) is 50.0 Å². The fourth-order valence-electron chi connectivity index (χ4n) is 2.95. The van der Waals surface area contributed by atoms with Crippen LogP contribution >= 0.6 is 0 Å². The van der Waals surface area contributed by atoms with E-state index in [0.717, 1.165) is 11.8 Å². The number of aldehydes is 1. The first-order valence-corrected chi connectivity index (χ1v) is 6.50. The Labute approximate surface area is 102 Å². The minimum absolute atomic E-state index is 0.206. The molecule has 0 aliphatic heterocycles. The maximum absolute atomic E-state index is 12.9. The summed E-state index contributed by atoms with van der Waals surface area (Å²) in [4.78, 5) is 10.8. The van der Waals surface area contributed by atoms with E-state index in [2.05, 4.69) is 0 Å². The van der Waals surface area contributed by atoms with Crippen LogP contribution in [0, 0.1) is 11.7 Å². The van der Waals surface area contributed by atoms with E-state index < -0.39 is 0 Å². The standard InChI is InChI=1S/C15H19FO/c16-14-8-6-13(7-9-14)15(10-11-17)12-4-2-1-3-5-12/h6-9,11-12,15H,1-5,10H2. The van der Waals surface area contributed by atoms with E-state index >= 15 is 0 Å². The highest BCUT2D eigenvalue weighted by atomic mass is 19.1. The number of halogens is 1. The highest BCUT2D eigenvalue weighted by molar-refractivity contribution is 5.51. The van der Waals surface area contributed by atoms with Crippen molar-refractivity contribution in [3.8, 4) is 0 Å². The third-order valence-electron chi connectivity index (χ3n) is 3.87. The Balaban J connectivity index is 2.15. The van der Waals surface area contributed by atoms with Gasteiger partial charge in [-0.25, -0.2) is 4.39 Å². The Bertz CT molecular complexity index is 352. The summed E-state index contributed by atoms with van der Waals surface area (Å²) in [7, 11) is 0. The van der Waals surface area contributed by atoms with Crippen molar-refractivity contribution in [2.24, 2.45) is 5.92 Å². The third kappa shape index (κ3) is 3.15. The van der Waals surface area contributed by atoms with Crippen LogP contribution in [0.3, 0.4) is 0 Å². The molecule has 1 saturated carbocycles. The fraction of sp³-hybridized carbons (Fsp3) is 0.533. The van der Waals surface area contributed by atoms with Crippen LogP contribution < -0.4 is 0 Å². The third-order valence-corrected chi connectivity index (χ3v) is 3.87. The average Bonchev–Trinajstić information content (AvgIpc) is 2.38. The molecule has 1 nitrogen and oxygen atoms in total. The molecule has 1 atom stereocenters. The number of carbonyl (C=O) groups is 1. The first-order chi connectivity index (χ1) is 8.31. The number of rotatable bonds is 4. The molecule has 1 aromatic carbocycles. The molecule has 0 amide bonds. The molecule has 1 fully saturated rings. The molecule has 0 spiro atoms. The summed E-state index contributed by atoms with van der Waals surface area (Å²) < 4.78 is 12.9. The van der Waals surface area contributed by atoms with Crippen molar-refractivity contribution in [1.82, 2.24) is 0 Å². The van der Waals surface area contributed by atoms with Gasteiger partial charge in [-0.15, -0.1) is 0 Å². The minimum Gasteiger partial charge on any atom is -0.303 e. The lowest BCUT2D eigenvalue weighted by molar-refractivity contribution is -0.108. The van der Waals surface area contributed by atoms with Crippen molar-refractivity contribution >= 4 is 6.29 Å². The molecular weight excluding hydrogens is 215 g/mol. The second-order valence-corrected chi connectivity index (χ2v) is 4.96. The predicted octanol–water partition coefficient (Wildman–Crippen LogP) is 4.08. The quantitative estimate of drug-likeness (QED) is 0.717. The van der Waals surface area contributed by atoms with Crippen LogP contribution in [0.15, 0.2) is 24.3 Å². The van der Waals surface area contributed by atoms with Gasteiger partial charge in [0, 0.05) is 6.42 Å². The van der Waals surface area contributed by atoms with E-state index in [1.165, 1.54) is 44.2 Å². The molecule has 1 aliphatic carbocycles. The molecule has 0 radical (unpaired) electrons. The zero-order chi connectivity index (χ0) is 12.1. The van der Waals surface area contributed by atoms with Crippen molar-refractivity contribution in [1.29, 1.82) is 0 Å². The number of hydrogen-bond acceptors (Lipinski definition) is 1. The fourth-order valence-corrected chi connectivity index (χ4v) is 2.95. The van der Waals surface area contributed by atoms with Crippen LogP contribution in [-0.4, -0.2) is 6.29 Å². The van der Waals surface area contributed by atoms with Crippen LogP contribution in [0.5, 0.6) is 0 Å². The number of benzene rings is 1. The molecular formula is C15H19FO. The van der Waals surface area contributed by atoms with E-state index in [1.54, 1.807) is 0 Å². The Morgan fingerprint density at radius 3 is 2.41 bits per heavy atom. The van der Waals surface area contributed by atoms with E-state index in [4.69, 9.17) is 0 Å². The topological polar surface area (TPSA) is 17.1 Å². The Hall–Kier alpha value is -1.18. The van der Waals surface area contributed by atoms with Crippen molar-refractivity contribution in [2.75, 3.05) is 0 Å². The lowest BCUT2D eigenvalue weighted by atomic mass is 9.75. The smallest absolute Gasteiger partial charge is 0.123 e. The Kier molecular flexibility index (Phi) is 4.29. The van der Waals surface area contributed by atoms with Crippen LogP contribution in [0.4, 0.5) is 4.39 Å². The Morgan fingerprint density at radius 2 is 1.82 bits per heavy atom. The van der Waals surface area contributed by atoms with Crippen LogP contribution in [0.2, 0.25) is 0 Å². The molecule has 2 rings (SSSR count). The molecule has 0 heterocycles. The molecule has 92 valence electrons. The highest BCUT2D eigenvalue weighted by Crippen LogP contribution is 2.37. The van der Waals surface area contributed by atoms with Crippen molar-refractivity contribution < 1.29 is 9.18 Å². The van der Waals surface area contributed by atoms with Gasteiger partial charge in [0.25, 0.3) is 0 Å². The zero-order valence-electron chi connectivity index (χ0n) is 10.1. The molecule has 0 N–H and O–H groups in total. The SMILES string of the molecule is O=CCC(c1ccc(F)cc1)C1CCCCC1. The van der Waals surface area contributed by atoms with Crippen LogP contribution in [-0.2, 0) is 4.79 Å². The van der Waals surface area contributed by atoms with Gasteiger partial charge in [0.1, 0.15) is 12.1 Å². The Morgan fingerprint density at radius 1 is 1.18 bits per heavy atom. The molecule has 1 unspecified atom stereocenters. The van der Waals surface area contributed by atoms with Gasteiger partial charge < -0.3 is 4.79 Å². The monoisotopic (exact) mass is 234 g/mol. The first-order valence-electron chi connectivity index (χ1n) is 6.50. The lowest BCUT2D eigenvalue weighted by Gasteiger charge is -2.29. The summed E-state index contributed by atoms with van der Waals surface area (Å²) in [6.45, 7) is 0. The zero-order valence-corrected chi connectivity index (χ0v) is 10.1. The highest BCUT2D eigenvalue weighted by Gasteiger charge is 2.24. The summed E-state index contributed by atoms with van der Waals surface area (Å²) in [6.07, 6.45) is 7.82. The summed E-state index contributed by atoms with van der Waals surface area (Å²) in [6, 6.07) is 6.65. The van der Waals surface area contributed by atoms with Crippen molar-refractivity contribution in [3.05, 3.63) is 35.6 Å². The van der Waals surface area contributed by atoms with Gasteiger partial charge in [0.2, 0.25) is 0 Å². The molecule has 1 aromatic rings. The number of carbonyl (C=O) groups excluding carboxylic acids is 1. The largest absolute Gasteiger partial charge is 0.303 e. The van der Waals surface area contributed by atoms with E-state index in [-0.39, 0.29) is 11.7 Å². The maximum atomic E-state index is 12.9. The predicted molar refractivity (Wildman–Crippen MR) is 66.4 cm³/mol. The molecule has 17 heavy (non-hydrogen) atoms. The van der Waals surface area contributed by atoms with Gasteiger partial charge in [0.15, 0.2) is 0 Å². The van der Waals surface area contributed by atoms with E-state index in [1.807, 2.05) is 12.1 Å². The second kappa shape index (κ2) is 5.95. The second-order valence-electron chi connectivity index (χ2n) is 4.96. The summed E-state index contributed by atoms with van der Waals surface area (Å²) in [5.74, 6) is 0.676. The number of hydrogen-bond donors (Lipinski definition) is 0. The van der Waals surface area contributed by atoms with Crippen molar-refractivity contribution in [3.63, 3.8) is 0 Å². The summed E-state index contributed by atoms with van der Waals surface area (Å²) >= 11 is 0. The first kappa shape index (κ1) is 12.3. The van der Waals surface area contributed by atoms with Gasteiger partial charge >= 0.3 is 0 Å². The molecule has 0 saturated heterocycles. The normalized spacial score (nSPS) is 18.9. The van der Waals surface area contributed by atoms with Crippen molar-refractivity contribution in [2.45, 2.75) is 44.4 Å². The summed E-state index contributed by atoms with van der Waals surface area (Å²) in [5.41, 5.74) is 1.12. The average molecular weight is 234 g/mol.